The lowest BCUT2D eigenvalue weighted by atomic mass is 10.3. The van der Waals surface area contributed by atoms with Gasteiger partial charge in [0.05, 0.1) is 0 Å². The molecule has 2 rings (SSSR count). The summed E-state index contributed by atoms with van der Waals surface area (Å²) in [5.41, 5.74) is 0.173. The van der Waals surface area contributed by atoms with Crippen molar-refractivity contribution in [1.82, 2.24) is 4.98 Å². The Morgan fingerprint density at radius 3 is 2.88 bits per heavy atom. The molecule has 16 heavy (non-hydrogen) atoms. The zero-order valence-corrected chi connectivity index (χ0v) is 8.22. The van der Waals surface area contributed by atoms with Crippen molar-refractivity contribution in [3.8, 4) is 17.6 Å². The van der Waals surface area contributed by atoms with E-state index >= 15 is 0 Å². The van der Waals surface area contributed by atoms with E-state index in [0.29, 0.717) is 11.5 Å². The van der Waals surface area contributed by atoms with Gasteiger partial charge in [0, 0.05) is 12.3 Å². The predicted molar refractivity (Wildman–Crippen MR) is 55.4 cm³/mol. The minimum absolute atomic E-state index is 0.173. The van der Waals surface area contributed by atoms with E-state index in [0.717, 1.165) is 0 Å². The number of nitrogens with zero attached hydrogens (tertiary/aromatic N) is 2. The van der Waals surface area contributed by atoms with Gasteiger partial charge in [-0.1, -0.05) is 6.07 Å². The number of benzene rings is 1. The van der Waals surface area contributed by atoms with Crippen molar-refractivity contribution in [2.45, 2.75) is 0 Å². The van der Waals surface area contributed by atoms with E-state index in [-0.39, 0.29) is 11.5 Å². The molecule has 0 aliphatic carbocycles. The maximum Gasteiger partial charge on any atom is 0.183 e. The highest BCUT2D eigenvalue weighted by Crippen LogP contribution is 2.23. The number of pyridine rings is 1. The molecule has 0 radical (unpaired) electrons. The van der Waals surface area contributed by atoms with Crippen molar-refractivity contribution >= 4 is 0 Å². The highest BCUT2D eigenvalue weighted by molar-refractivity contribution is 5.40. The fourth-order valence-corrected chi connectivity index (χ4v) is 1.21. The van der Waals surface area contributed by atoms with Crippen molar-refractivity contribution in [3.05, 3.63) is 54.1 Å². The van der Waals surface area contributed by atoms with Crippen LogP contribution >= 0.6 is 0 Å². The van der Waals surface area contributed by atoms with Crippen LogP contribution in [0.5, 0.6) is 11.5 Å². The minimum Gasteiger partial charge on any atom is -0.454 e. The van der Waals surface area contributed by atoms with Crippen LogP contribution in [0.15, 0.2) is 42.6 Å². The number of halogens is 1. The molecule has 78 valence electrons. The van der Waals surface area contributed by atoms with E-state index in [1.165, 1.54) is 24.4 Å². The molecule has 0 bridgehead atoms. The topological polar surface area (TPSA) is 45.9 Å². The van der Waals surface area contributed by atoms with Gasteiger partial charge >= 0.3 is 0 Å². The molecule has 0 aliphatic heterocycles. The lowest BCUT2D eigenvalue weighted by Crippen LogP contribution is -1.90. The largest absolute Gasteiger partial charge is 0.454 e. The Bertz CT molecular complexity index is 549. The van der Waals surface area contributed by atoms with Crippen molar-refractivity contribution in [2.24, 2.45) is 0 Å². The summed E-state index contributed by atoms with van der Waals surface area (Å²) in [4.78, 5) is 3.84. The number of ether oxygens (including phenoxy) is 1. The summed E-state index contributed by atoms with van der Waals surface area (Å²) in [5, 5.41) is 8.78. The molecule has 3 nitrogen and oxygen atoms in total. The second-order valence-corrected chi connectivity index (χ2v) is 3.02. The quantitative estimate of drug-likeness (QED) is 0.772. The second-order valence-electron chi connectivity index (χ2n) is 3.02. The summed E-state index contributed by atoms with van der Waals surface area (Å²) in [7, 11) is 0. The Hall–Kier alpha value is -2.41. The van der Waals surface area contributed by atoms with Crippen LogP contribution < -0.4 is 4.74 Å². The molecule has 0 spiro atoms. The Kier molecular flexibility index (Phi) is 2.79. The Labute approximate surface area is 91.7 Å². The maximum atomic E-state index is 12.9. The van der Waals surface area contributed by atoms with Crippen LogP contribution in [0.25, 0.3) is 0 Å². The second kappa shape index (κ2) is 4.41. The van der Waals surface area contributed by atoms with E-state index in [1.807, 2.05) is 6.07 Å². The van der Waals surface area contributed by atoms with Gasteiger partial charge in [0.1, 0.15) is 17.6 Å². The fraction of sp³-hybridized carbons (Fsp3) is 0. The van der Waals surface area contributed by atoms with Gasteiger partial charge in [-0.3, -0.25) is 0 Å². The van der Waals surface area contributed by atoms with E-state index in [4.69, 9.17) is 10.00 Å². The summed E-state index contributed by atoms with van der Waals surface area (Å²) in [6.45, 7) is 0. The van der Waals surface area contributed by atoms with Crippen molar-refractivity contribution in [1.29, 1.82) is 5.26 Å². The van der Waals surface area contributed by atoms with Gasteiger partial charge in [0.15, 0.2) is 11.4 Å². The molecule has 0 unspecified atom stereocenters. The number of hydrogen-bond donors (Lipinski definition) is 0. The molecule has 0 atom stereocenters. The van der Waals surface area contributed by atoms with Crippen LogP contribution in [0.1, 0.15) is 5.69 Å². The molecule has 0 aliphatic rings. The third kappa shape index (κ3) is 2.15. The van der Waals surface area contributed by atoms with Crippen LogP contribution in [-0.2, 0) is 0 Å². The first-order valence-electron chi connectivity index (χ1n) is 4.58. The molecule has 2 aromatic rings. The van der Waals surface area contributed by atoms with E-state index < -0.39 is 0 Å². The van der Waals surface area contributed by atoms with Crippen LogP contribution in [0.3, 0.4) is 0 Å². The van der Waals surface area contributed by atoms with Crippen molar-refractivity contribution in [2.75, 3.05) is 0 Å². The summed E-state index contributed by atoms with van der Waals surface area (Å²) >= 11 is 0. The summed E-state index contributed by atoms with van der Waals surface area (Å²) < 4.78 is 18.2. The molecule has 1 heterocycles. The fourth-order valence-electron chi connectivity index (χ4n) is 1.21. The first kappa shape index (κ1) is 10.1. The van der Waals surface area contributed by atoms with Gasteiger partial charge in [-0.05, 0) is 24.3 Å². The lowest BCUT2D eigenvalue weighted by Gasteiger charge is -2.05. The average molecular weight is 214 g/mol. The number of aromatic nitrogens is 1. The summed E-state index contributed by atoms with van der Waals surface area (Å²) in [6, 6.07) is 10.9. The zero-order chi connectivity index (χ0) is 11.4. The van der Waals surface area contributed by atoms with Gasteiger partial charge < -0.3 is 4.74 Å². The number of nitriles is 1. The van der Waals surface area contributed by atoms with Gasteiger partial charge in [0.25, 0.3) is 0 Å². The first-order chi connectivity index (χ1) is 7.79. The predicted octanol–water partition coefficient (Wildman–Crippen LogP) is 2.88. The molecule has 4 heteroatoms. The molecule has 0 N–H and O–H groups in total. The molecule has 1 aromatic carbocycles. The smallest absolute Gasteiger partial charge is 0.183 e. The first-order valence-corrected chi connectivity index (χ1v) is 4.58. The Morgan fingerprint density at radius 2 is 2.12 bits per heavy atom. The van der Waals surface area contributed by atoms with E-state index in [1.54, 1.807) is 18.2 Å². The molecular weight excluding hydrogens is 207 g/mol. The molecule has 0 saturated heterocycles. The Morgan fingerprint density at radius 1 is 1.25 bits per heavy atom. The highest BCUT2D eigenvalue weighted by atomic mass is 19.1. The van der Waals surface area contributed by atoms with Gasteiger partial charge in [-0.15, -0.1) is 0 Å². The number of hydrogen-bond acceptors (Lipinski definition) is 3. The van der Waals surface area contributed by atoms with Gasteiger partial charge in [-0.2, -0.15) is 5.26 Å². The monoisotopic (exact) mass is 214 g/mol. The van der Waals surface area contributed by atoms with E-state index in [9.17, 15) is 4.39 Å². The standard InChI is InChI=1S/C12H7FN2O/c13-9-3-1-4-10(7-9)16-12-5-2-6-15-11(12)8-14/h1-7H. The third-order valence-corrected chi connectivity index (χ3v) is 1.90. The van der Waals surface area contributed by atoms with Crippen LogP contribution in [0.4, 0.5) is 4.39 Å². The van der Waals surface area contributed by atoms with Crippen LogP contribution in [0.2, 0.25) is 0 Å². The van der Waals surface area contributed by atoms with Gasteiger partial charge in [0.2, 0.25) is 0 Å². The lowest BCUT2D eigenvalue weighted by molar-refractivity contribution is 0.473. The van der Waals surface area contributed by atoms with Crippen molar-refractivity contribution < 1.29 is 9.13 Å². The average Bonchev–Trinajstić information content (AvgIpc) is 2.30. The normalized spacial score (nSPS) is 9.50. The highest BCUT2D eigenvalue weighted by Gasteiger charge is 2.04. The molecule has 0 amide bonds. The van der Waals surface area contributed by atoms with Crippen molar-refractivity contribution in [3.63, 3.8) is 0 Å². The van der Waals surface area contributed by atoms with E-state index in [2.05, 4.69) is 4.98 Å². The molecule has 0 saturated carbocycles. The van der Waals surface area contributed by atoms with Gasteiger partial charge in [-0.25, -0.2) is 9.37 Å². The number of rotatable bonds is 2. The Balaban J connectivity index is 2.31. The minimum atomic E-state index is -0.389. The van der Waals surface area contributed by atoms with Crippen LogP contribution in [-0.4, -0.2) is 4.98 Å². The summed E-state index contributed by atoms with van der Waals surface area (Å²) in [6.07, 6.45) is 1.50. The maximum absolute atomic E-state index is 12.9. The summed E-state index contributed by atoms with van der Waals surface area (Å²) in [5.74, 6) is 0.264. The van der Waals surface area contributed by atoms with Crippen LogP contribution in [0, 0.1) is 17.1 Å². The molecule has 1 aromatic heterocycles. The molecular formula is C12H7FN2O. The third-order valence-electron chi connectivity index (χ3n) is 1.90. The zero-order valence-electron chi connectivity index (χ0n) is 8.22. The molecule has 0 fully saturated rings. The SMILES string of the molecule is N#Cc1ncccc1Oc1cccc(F)c1.